The monoisotopic (exact) mass is 195 g/mol. The summed E-state index contributed by atoms with van der Waals surface area (Å²) in [6.07, 6.45) is 3.48. The molecule has 2 rings (SSSR count). The van der Waals surface area contributed by atoms with E-state index in [2.05, 4.69) is 11.0 Å². The van der Waals surface area contributed by atoms with Gasteiger partial charge in [0.25, 0.3) is 0 Å². The molecule has 4 heteroatoms. The Bertz CT molecular complexity index is 244. The number of nitrogens with zero attached hydrogens (tertiary/aromatic N) is 2. The van der Waals surface area contributed by atoms with Gasteiger partial charge >= 0.3 is 0 Å². The lowest BCUT2D eigenvalue weighted by molar-refractivity contribution is 0.0797. The molecular weight excluding hydrogens is 178 g/mol. The summed E-state index contributed by atoms with van der Waals surface area (Å²) in [6, 6.07) is 2.19. The van der Waals surface area contributed by atoms with Gasteiger partial charge in [-0.1, -0.05) is 0 Å². The molecule has 0 aromatic rings. The molecule has 2 saturated heterocycles. The van der Waals surface area contributed by atoms with Gasteiger partial charge in [0.05, 0.1) is 12.2 Å². The lowest BCUT2D eigenvalue weighted by Crippen LogP contribution is -2.42. The SMILES string of the molecule is N#CC1(N)CCN(CC2CCCO2)C1. The summed E-state index contributed by atoms with van der Waals surface area (Å²) in [4.78, 5) is 2.25. The molecule has 2 N–H and O–H groups in total. The maximum atomic E-state index is 8.87. The normalized spacial score (nSPS) is 38.7. The fraction of sp³-hybridized carbons (Fsp3) is 0.900. The topological polar surface area (TPSA) is 62.3 Å². The lowest BCUT2D eigenvalue weighted by Gasteiger charge is -2.20. The van der Waals surface area contributed by atoms with Crippen molar-refractivity contribution in [1.29, 1.82) is 5.26 Å². The molecule has 4 nitrogen and oxygen atoms in total. The second kappa shape index (κ2) is 3.85. The highest BCUT2D eigenvalue weighted by Gasteiger charge is 2.35. The first kappa shape index (κ1) is 9.91. The summed E-state index contributed by atoms with van der Waals surface area (Å²) in [5.74, 6) is 0. The van der Waals surface area contributed by atoms with Gasteiger partial charge < -0.3 is 10.5 Å². The second-order valence-corrected chi connectivity index (χ2v) is 4.39. The van der Waals surface area contributed by atoms with E-state index < -0.39 is 5.54 Å². The second-order valence-electron chi connectivity index (χ2n) is 4.39. The zero-order chi connectivity index (χ0) is 10.0. The van der Waals surface area contributed by atoms with Crippen molar-refractivity contribution in [3.05, 3.63) is 0 Å². The molecule has 2 aliphatic heterocycles. The lowest BCUT2D eigenvalue weighted by atomic mass is 10.0. The molecule has 14 heavy (non-hydrogen) atoms. The van der Waals surface area contributed by atoms with Crippen LogP contribution in [0.5, 0.6) is 0 Å². The highest BCUT2D eigenvalue weighted by atomic mass is 16.5. The maximum Gasteiger partial charge on any atom is 0.118 e. The van der Waals surface area contributed by atoms with E-state index in [1.165, 1.54) is 6.42 Å². The maximum absolute atomic E-state index is 8.87. The highest BCUT2D eigenvalue weighted by molar-refractivity contribution is 5.10. The number of ether oxygens (including phenoxy) is 1. The van der Waals surface area contributed by atoms with Crippen LogP contribution in [0.4, 0.5) is 0 Å². The van der Waals surface area contributed by atoms with Gasteiger partial charge in [-0.3, -0.25) is 4.90 Å². The predicted octanol–water partition coefficient (Wildman–Crippen LogP) is 0.0922. The highest BCUT2D eigenvalue weighted by Crippen LogP contribution is 2.20. The van der Waals surface area contributed by atoms with Gasteiger partial charge in [0.1, 0.15) is 5.54 Å². The first-order valence-corrected chi connectivity index (χ1v) is 5.26. The predicted molar refractivity (Wildman–Crippen MR) is 52.6 cm³/mol. The van der Waals surface area contributed by atoms with Crippen LogP contribution in [0.3, 0.4) is 0 Å². The third kappa shape index (κ3) is 2.06. The molecule has 2 aliphatic rings. The van der Waals surface area contributed by atoms with Crippen LogP contribution in [0.1, 0.15) is 19.3 Å². The summed E-state index contributed by atoms with van der Waals surface area (Å²) >= 11 is 0. The van der Waals surface area contributed by atoms with E-state index in [1.807, 2.05) is 0 Å². The van der Waals surface area contributed by atoms with Crippen LogP contribution in [0.15, 0.2) is 0 Å². The minimum Gasteiger partial charge on any atom is -0.377 e. The molecule has 2 unspecified atom stereocenters. The van der Waals surface area contributed by atoms with Gasteiger partial charge in [0, 0.05) is 26.2 Å². The average Bonchev–Trinajstić information content (AvgIpc) is 2.78. The zero-order valence-electron chi connectivity index (χ0n) is 8.41. The summed E-state index contributed by atoms with van der Waals surface area (Å²) in [5, 5.41) is 8.87. The summed E-state index contributed by atoms with van der Waals surface area (Å²) < 4.78 is 5.55. The molecule has 0 saturated carbocycles. The van der Waals surface area contributed by atoms with Crippen molar-refractivity contribution in [3.63, 3.8) is 0 Å². The van der Waals surface area contributed by atoms with E-state index in [1.54, 1.807) is 0 Å². The Morgan fingerprint density at radius 2 is 2.50 bits per heavy atom. The van der Waals surface area contributed by atoms with Crippen molar-refractivity contribution in [3.8, 4) is 6.07 Å². The quantitative estimate of drug-likeness (QED) is 0.678. The van der Waals surface area contributed by atoms with Crippen LogP contribution >= 0.6 is 0 Å². The summed E-state index contributed by atoms with van der Waals surface area (Å²) in [6.45, 7) is 3.47. The molecule has 0 amide bonds. The van der Waals surface area contributed by atoms with Gasteiger partial charge in [-0.25, -0.2) is 0 Å². The Labute approximate surface area is 84.6 Å². The smallest absolute Gasteiger partial charge is 0.118 e. The van der Waals surface area contributed by atoms with E-state index >= 15 is 0 Å². The minimum atomic E-state index is -0.612. The molecule has 0 aromatic heterocycles. The van der Waals surface area contributed by atoms with E-state index in [9.17, 15) is 0 Å². The summed E-state index contributed by atoms with van der Waals surface area (Å²) in [5.41, 5.74) is 5.27. The van der Waals surface area contributed by atoms with E-state index in [0.29, 0.717) is 12.6 Å². The van der Waals surface area contributed by atoms with E-state index in [-0.39, 0.29) is 0 Å². The number of hydrogen-bond donors (Lipinski definition) is 1. The van der Waals surface area contributed by atoms with Crippen molar-refractivity contribution < 1.29 is 4.74 Å². The number of nitriles is 1. The molecule has 0 aliphatic carbocycles. The zero-order valence-corrected chi connectivity index (χ0v) is 8.41. The molecule has 2 atom stereocenters. The van der Waals surface area contributed by atoms with Crippen LogP contribution < -0.4 is 5.73 Å². The molecule has 2 fully saturated rings. The minimum absolute atomic E-state index is 0.371. The van der Waals surface area contributed by atoms with Crippen molar-refractivity contribution in [2.45, 2.75) is 30.9 Å². The third-order valence-corrected chi connectivity index (χ3v) is 3.09. The number of likely N-dealkylation sites (tertiary alicyclic amines) is 1. The standard InChI is InChI=1S/C10H17N3O/c11-7-10(12)3-4-13(8-10)6-9-2-1-5-14-9/h9H,1-6,8,12H2. The van der Waals surface area contributed by atoms with Crippen molar-refractivity contribution in [2.24, 2.45) is 5.73 Å². The van der Waals surface area contributed by atoms with Crippen LogP contribution in [0.2, 0.25) is 0 Å². The Hall–Kier alpha value is -0.630. The Morgan fingerprint density at radius 3 is 3.07 bits per heavy atom. The molecule has 0 radical (unpaired) electrons. The molecule has 0 aromatic carbocycles. The van der Waals surface area contributed by atoms with Crippen molar-refractivity contribution in [1.82, 2.24) is 4.90 Å². The van der Waals surface area contributed by atoms with E-state index in [4.69, 9.17) is 15.7 Å². The Balaban J connectivity index is 1.81. The largest absolute Gasteiger partial charge is 0.377 e. The first-order valence-electron chi connectivity index (χ1n) is 5.26. The van der Waals surface area contributed by atoms with Gasteiger partial charge in [0.2, 0.25) is 0 Å². The average molecular weight is 195 g/mol. The fourth-order valence-electron chi connectivity index (χ4n) is 2.24. The number of rotatable bonds is 2. The molecular formula is C10H17N3O. The van der Waals surface area contributed by atoms with Crippen LogP contribution in [0.25, 0.3) is 0 Å². The van der Waals surface area contributed by atoms with Crippen LogP contribution in [-0.4, -0.2) is 42.8 Å². The van der Waals surface area contributed by atoms with Crippen molar-refractivity contribution in [2.75, 3.05) is 26.2 Å². The van der Waals surface area contributed by atoms with Gasteiger partial charge in [-0.2, -0.15) is 5.26 Å². The van der Waals surface area contributed by atoms with Gasteiger partial charge in [-0.05, 0) is 19.3 Å². The summed E-state index contributed by atoms with van der Waals surface area (Å²) in [7, 11) is 0. The first-order chi connectivity index (χ1) is 6.72. The van der Waals surface area contributed by atoms with Gasteiger partial charge in [0.15, 0.2) is 0 Å². The number of hydrogen-bond acceptors (Lipinski definition) is 4. The van der Waals surface area contributed by atoms with Gasteiger partial charge in [-0.15, -0.1) is 0 Å². The molecule has 2 heterocycles. The number of nitrogens with two attached hydrogens (primary N) is 1. The molecule has 0 spiro atoms. The molecule has 78 valence electrons. The van der Waals surface area contributed by atoms with E-state index in [0.717, 1.165) is 32.5 Å². The van der Waals surface area contributed by atoms with Crippen molar-refractivity contribution >= 4 is 0 Å². The third-order valence-electron chi connectivity index (χ3n) is 3.09. The molecule has 0 bridgehead atoms. The fourth-order valence-corrected chi connectivity index (χ4v) is 2.24. The van der Waals surface area contributed by atoms with Crippen LogP contribution in [-0.2, 0) is 4.74 Å². The Kier molecular flexibility index (Phi) is 2.73. The van der Waals surface area contributed by atoms with Crippen LogP contribution in [0, 0.1) is 11.3 Å². The Morgan fingerprint density at radius 1 is 1.64 bits per heavy atom.